The number of amides is 4. The van der Waals surface area contributed by atoms with Crippen molar-refractivity contribution in [2.75, 3.05) is 25.5 Å². The van der Waals surface area contributed by atoms with Crippen molar-refractivity contribution < 1.29 is 42.2 Å². The topological polar surface area (TPSA) is 221 Å². The normalized spacial score (nSPS) is 22.4. The number of thiazole rings is 1. The molecule has 1 saturated heterocycles. The Morgan fingerprint density at radius 2 is 1.80 bits per heavy atom. The third-order valence-corrected chi connectivity index (χ3v) is 15.8. The second-order valence-corrected chi connectivity index (χ2v) is 22.2. The quantitative estimate of drug-likeness (QED) is 0.0986. The summed E-state index contributed by atoms with van der Waals surface area (Å²) in [6.45, 7) is 9.94. The maximum atomic E-state index is 15.0. The number of aliphatic carboxylic acids is 1. The van der Waals surface area contributed by atoms with Crippen LogP contribution in [0.15, 0.2) is 58.1 Å². The highest BCUT2D eigenvalue weighted by Gasteiger charge is 2.45. The van der Waals surface area contributed by atoms with Gasteiger partial charge in [-0.1, -0.05) is 45.8 Å². The van der Waals surface area contributed by atoms with Crippen LogP contribution in [0.2, 0.25) is 0 Å². The average molecular weight is 965 g/mol. The summed E-state index contributed by atoms with van der Waals surface area (Å²) in [5.74, 6) is -1.34. The lowest BCUT2D eigenvalue weighted by molar-refractivity contribution is -0.144. The van der Waals surface area contributed by atoms with E-state index in [0.717, 1.165) is 29.3 Å². The number of ether oxygens (including phenoxy) is 2. The Morgan fingerprint density at radius 3 is 2.53 bits per heavy atom. The molecule has 7 rings (SSSR count). The second kappa shape index (κ2) is 20.7. The molecule has 0 unspecified atom stereocenters. The van der Waals surface area contributed by atoms with Crippen molar-refractivity contribution in [2.45, 2.75) is 134 Å². The molecular weight excluding hydrogens is 905 g/mol. The molecule has 6 heterocycles. The summed E-state index contributed by atoms with van der Waals surface area (Å²) in [5, 5.41) is 27.1. The summed E-state index contributed by atoms with van der Waals surface area (Å²) in [6.07, 6.45) is 6.98. The van der Waals surface area contributed by atoms with Crippen molar-refractivity contribution >= 4 is 72.5 Å². The molecular formula is C46H60N8O9S3. The fourth-order valence-corrected chi connectivity index (χ4v) is 12.2. The lowest BCUT2D eigenvalue weighted by atomic mass is 9.86. The van der Waals surface area contributed by atoms with Crippen LogP contribution in [-0.2, 0) is 31.0 Å². The molecule has 1 aromatic carbocycles. The van der Waals surface area contributed by atoms with Crippen LogP contribution in [0.1, 0.15) is 90.9 Å². The van der Waals surface area contributed by atoms with Gasteiger partial charge in [0.15, 0.2) is 5.13 Å². The number of carboxylic acids is 1. The summed E-state index contributed by atoms with van der Waals surface area (Å²) >= 11 is 2.82. The van der Waals surface area contributed by atoms with Crippen LogP contribution in [0.4, 0.5) is 9.93 Å². The largest absolute Gasteiger partial charge is 0.497 e. The molecule has 0 aliphatic carbocycles. The van der Waals surface area contributed by atoms with E-state index in [9.17, 15) is 32.7 Å². The van der Waals surface area contributed by atoms with E-state index in [1.165, 1.54) is 31.9 Å². The summed E-state index contributed by atoms with van der Waals surface area (Å²) in [6, 6.07) is 4.23. The summed E-state index contributed by atoms with van der Waals surface area (Å²) in [4.78, 5) is 67.8. The van der Waals surface area contributed by atoms with Crippen molar-refractivity contribution in [2.24, 2.45) is 5.41 Å². The molecule has 0 saturated carbocycles. The zero-order valence-corrected chi connectivity index (χ0v) is 40.6. The van der Waals surface area contributed by atoms with Gasteiger partial charge in [-0.05, 0) is 74.9 Å². The highest BCUT2D eigenvalue weighted by molar-refractivity contribution is 7.89. The van der Waals surface area contributed by atoms with Crippen molar-refractivity contribution in [1.82, 2.24) is 35.1 Å². The minimum atomic E-state index is -3.75. The number of hydrogen-bond donors (Lipinski definition) is 5. The van der Waals surface area contributed by atoms with Crippen molar-refractivity contribution in [3.05, 3.63) is 58.1 Å². The number of fused-ring (bicyclic) bond motifs is 3. The van der Waals surface area contributed by atoms with Gasteiger partial charge in [0.1, 0.15) is 41.4 Å². The number of methoxy groups -OCH3 is 1. The van der Waals surface area contributed by atoms with Crippen LogP contribution in [0, 0.1) is 5.41 Å². The molecule has 356 valence electrons. The molecule has 0 bridgehead atoms. The Balaban J connectivity index is 1.18. The number of carbonyl (C=O) groups excluding carboxylic acids is 3. The number of pyridine rings is 1. The molecule has 3 aliphatic heterocycles. The predicted octanol–water partition coefficient (Wildman–Crippen LogP) is 6.75. The van der Waals surface area contributed by atoms with E-state index < -0.39 is 69.5 Å². The van der Waals surface area contributed by atoms with Gasteiger partial charge in [0.2, 0.25) is 21.8 Å². The van der Waals surface area contributed by atoms with E-state index in [2.05, 4.69) is 21.3 Å². The highest BCUT2D eigenvalue weighted by Crippen LogP contribution is 2.37. The number of carboxylic acid groups (broad SMARTS) is 1. The fraction of sp³-hybridized carbons (Fsp3) is 0.522. The van der Waals surface area contributed by atoms with Gasteiger partial charge in [-0.2, -0.15) is 4.31 Å². The first-order chi connectivity index (χ1) is 31.4. The number of nitrogens with one attached hydrogen (secondary N) is 4. The molecule has 66 heavy (non-hydrogen) atoms. The van der Waals surface area contributed by atoms with Gasteiger partial charge in [0.25, 0.3) is 0 Å². The van der Waals surface area contributed by atoms with E-state index in [-0.39, 0.29) is 49.8 Å². The summed E-state index contributed by atoms with van der Waals surface area (Å²) in [5.41, 5.74) is 1.15. The molecule has 4 amide bonds. The smallest absolute Gasteiger partial charge is 0.326 e. The minimum Gasteiger partial charge on any atom is -0.497 e. The van der Waals surface area contributed by atoms with E-state index in [1.54, 1.807) is 36.8 Å². The molecule has 3 aliphatic rings. The molecule has 3 aromatic heterocycles. The third-order valence-electron chi connectivity index (χ3n) is 12.0. The van der Waals surface area contributed by atoms with Crippen LogP contribution in [-0.4, -0.2) is 113 Å². The first kappa shape index (κ1) is 48.6. The Kier molecular flexibility index (Phi) is 15.2. The predicted molar refractivity (Wildman–Crippen MR) is 254 cm³/mol. The van der Waals surface area contributed by atoms with Gasteiger partial charge in [-0.3, -0.25) is 9.59 Å². The number of thiophene rings is 1. The van der Waals surface area contributed by atoms with Gasteiger partial charge >= 0.3 is 12.0 Å². The number of benzene rings is 1. The van der Waals surface area contributed by atoms with Gasteiger partial charge in [0, 0.05) is 59.4 Å². The van der Waals surface area contributed by atoms with Crippen LogP contribution in [0.5, 0.6) is 11.5 Å². The Labute approximate surface area is 393 Å². The van der Waals surface area contributed by atoms with E-state index in [0.29, 0.717) is 46.6 Å². The maximum Gasteiger partial charge on any atom is 0.326 e. The van der Waals surface area contributed by atoms with Gasteiger partial charge in [-0.15, -0.1) is 22.7 Å². The van der Waals surface area contributed by atoms with Crippen molar-refractivity contribution in [3.63, 3.8) is 0 Å². The molecule has 0 spiro atoms. The first-order valence-electron chi connectivity index (χ1n) is 22.4. The Morgan fingerprint density at radius 1 is 1.02 bits per heavy atom. The van der Waals surface area contributed by atoms with Crippen molar-refractivity contribution in [1.29, 1.82) is 0 Å². The number of aromatic nitrogens is 2. The minimum absolute atomic E-state index is 0.0154. The van der Waals surface area contributed by atoms with Crippen LogP contribution < -0.4 is 30.7 Å². The van der Waals surface area contributed by atoms with Gasteiger partial charge in [0.05, 0.1) is 29.8 Å². The number of allylic oxidation sites excluding steroid dienone is 2. The van der Waals surface area contributed by atoms with Crippen LogP contribution >= 0.6 is 22.7 Å². The van der Waals surface area contributed by atoms with E-state index in [4.69, 9.17) is 19.4 Å². The average Bonchev–Trinajstić information content (AvgIpc) is 4.06. The molecule has 20 heteroatoms. The monoisotopic (exact) mass is 964 g/mol. The van der Waals surface area contributed by atoms with Crippen molar-refractivity contribution in [3.8, 4) is 22.9 Å². The number of nitrogens with zero attached hydrogens (tertiary/aromatic N) is 4. The number of anilines is 1. The molecule has 5 atom stereocenters. The SMILES string of the molecule is COc1ccc2c(O[C@@H]3C[C@H]4C(=O)N[C@H](C(=O)O)CCC=CCCCCC[C@H](NC(=O)N[C@H](CN5Cc6sccc6S5(=O)=O)C(C)(C)C)C(=O)N4C3)cc(-c3csc(NC(C)C)n3)nc2c1. The van der Waals surface area contributed by atoms with Crippen LogP contribution in [0.25, 0.3) is 22.3 Å². The number of hydrogen-bond acceptors (Lipinski definition) is 13. The van der Waals surface area contributed by atoms with Gasteiger partial charge < -0.3 is 40.7 Å². The maximum absolute atomic E-state index is 15.0. The molecule has 4 aromatic rings. The number of rotatable bonds is 11. The zero-order chi connectivity index (χ0) is 47.3. The first-order valence-corrected chi connectivity index (χ1v) is 25.6. The van der Waals surface area contributed by atoms with Gasteiger partial charge in [-0.25, -0.2) is 28.0 Å². The summed E-state index contributed by atoms with van der Waals surface area (Å²) in [7, 11) is -2.18. The molecule has 1 fully saturated rings. The summed E-state index contributed by atoms with van der Waals surface area (Å²) < 4.78 is 40.5. The second-order valence-electron chi connectivity index (χ2n) is 18.4. The lowest BCUT2D eigenvalue weighted by Gasteiger charge is -2.35. The Bertz CT molecular complexity index is 2550. The highest BCUT2D eigenvalue weighted by atomic mass is 32.2. The van der Waals surface area contributed by atoms with E-state index in [1.807, 2.05) is 58.2 Å². The van der Waals surface area contributed by atoms with E-state index >= 15 is 0 Å². The molecule has 17 nitrogen and oxygen atoms in total. The number of sulfonamides is 1. The zero-order valence-electron chi connectivity index (χ0n) is 38.2. The number of urea groups is 1. The molecule has 5 N–H and O–H groups in total. The standard InChI is InChI=1S/C46H60N8O9S3/c1-27(2)47-45-51-35(26-65-45)34-22-37(30-17-16-28(62-6)20-33(30)48-34)63-29-21-36-41(55)49-32(43(57)58)15-13-11-9-7-8-10-12-14-31(42(56)54(36)23-29)50-44(59)52-40(46(3,4)5)25-53-24-38-39(18-19-64-38)66(53,60)61/h9,11,16-20,22,26-27,29,31-32,36,40H,7-8,10,12-15,21,23-25H2,1-6H3,(H,47,51)(H,49,55)(H,57,58)(H2,50,52,59)/t29-,31+,32+,36+,40-/m1/s1. The third kappa shape index (κ3) is 11.4. The fourth-order valence-electron chi connectivity index (χ4n) is 8.38. The Hall–Kier alpha value is -5.31. The molecule has 0 radical (unpaired) electrons. The van der Waals surface area contributed by atoms with Crippen LogP contribution in [0.3, 0.4) is 0 Å². The lowest BCUT2D eigenvalue weighted by Crippen LogP contribution is -2.59. The number of carbonyl (C=O) groups is 4.